The Bertz CT molecular complexity index is 982. The summed E-state index contributed by atoms with van der Waals surface area (Å²) in [4.78, 5) is 38.3. The molecule has 158 valence electrons. The van der Waals surface area contributed by atoms with Gasteiger partial charge < -0.3 is 19.5 Å². The highest BCUT2D eigenvalue weighted by molar-refractivity contribution is 9.10. The van der Waals surface area contributed by atoms with E-state index in [4.69, 9.17) is 14.2 Å². The third kappa shape index (κ3) is 4.25. The molecule has 30 heavy (non-hydrogen) atoms. The second-order valence-electron chi connectivity index (χ2n) is 6.51. The molecule has 0 saturated heterocycles. The first-order valence-corrected chi connectivity index (χ1v) is 9.90. The molecule has 0 aliphatic carbocycles. The van der Waals surface area contributed by atoms with Crippen LogP contribution in [0.1, 0.15) is 32.7 Å². The van der Waals surface area contributed by atoms with Crippen LogP contribution in [-0.4, -0.2) is 50.5 Å². The lowest BCUT2D eigenvalue weighted by Gasteiger charge is -2.15. The van der Waals surface area contributed by atoms with Crippen molar-refractivity contribution in [1.29, 1.82) is 0 Å². The molecule has 8 nitrogen and oxygen atoms in total. The molecule has 0 saturated carbocycles. The van der Waals surface area contributed by atoms with Gasteiger partial charge in [0.15, 0.2) is 11.5 Å². The Morgan fingerprint density at radius 3 is 2.20 bits per heavy atom. The molecule has 3 rings (SSSR count). The third-order valence-electron chi connectivity index (χ3n) is 4.71. The van der Waals surface area contributed by atoms with Gasteiger partial charge in [0.25, 0.3) is 11.8 Å². The van der Waals surface area contributed by atoms with Gasteiger partial charge in [-0.1, -0.05) is 15.9 Å². The van der Waals surface area contributed by atoms with Gasteiger partial charge in [-0.25, -0.2) is 0 Å². The average molecular weight is 477 g/mol. The fraction of sp³-hybridized carbons (Fsp3) is 0.286. The van der Waals surface area contributed by atoms with Crippen molar-refractivity contribution in [3.8, 4) is 17.2 Å². The van der Waals surface area contributed by atoms with Crippen LogP contribution in [0, 0.1) is 0 Å². The summed E-state index contributed by atoms with van der Waals surface area (Å²) < 4.78 is 16.6. The number of nitrogens with zero attached hydrogens (tertiary/aromatic N) is 1. The van der Waals surface area contributed by atoms with Crippen LogP contribution in [0.4, 0.5) is 0 Å². The lowest BCUT2D eigenvalue weighted by atomic mass is 10.1. The predicted molar refractivity (Wildman–Crippen MR) is 112 cm³/mol. The van der Waals surface area contributed by atoms with Crippen LogP contribution in [0.2, 0.25) is 0 Å². The van der Waals surface area contributed by atoms with Gasteiger partial charge in [0.05, 0.1) is 32.5 Å². The minimum atomic E-state index is -0.395. The van der Waals surface area contributed by atoms with E-state index in [0.717, 1.165) is 10.5 Å². The molecule has 0 radical (unpaired) electrons. The number of fused-ring (bicyclic) bond motifs is 1. The Hall–Kier alpha value is -3.07. The van der Waals surface area contributed by atoms with Gasteiger partial charge >= 0.3 is 0 Å². The third-order valence-corrected chi connectivity index (χ3v) is 5.20. The zero-order valence-corrected chi connectivity index (χ0v) is 18.4. The van der Waals surface area contributed by atoms with Crippen LogP contribution in [0.15, 0.2) is 34.8 Å². The lowest BCUT2D eigenvalue weighted by Crippen LogP contribution is -2.34. The molecule has 1 heterocycles. The van der Waals surface area contributed by atoms with Crippen LogP contribution in [0.3, 0.4) is 0 Å². The van der Waals surface area contributed by atoms with E-state index in [1.807, 2.05) is 0 Å². The Morgan fingerprint density at radius 1 is 0.967 bits per heavy atom. The molecule has 2 aromatic rings. The summed E-state index contributed by atoms with van der Waals surface area (Å²) in [6.07, 6.45) is -0.00291. The maximum Gasteiger partial charge on any atom is 0.261 e. The van der Waals surface area contributed by atoms with Crippen LogP contribution in [0.25, 0.3) is 0 Å². The zero-order valence-electron chi connectivity index (χ0n) is 16.8. The number of ether oxygens (including phenoxy) is 3. The molecule has 1 N–H and O–H groups in total. The molecule has 2 aromatic carbocycles. The highest BCUT2D eigenvalue weighted by Crippen LogP contribution is 2.38. The number of methoxy groups -OCH3 is 3. The summed E-state index contributed by atoms with van der Waals surface area (Å²) in [6.45, 7) is 0.232. The Balaban J connectivity index is 1.60. The number of hydrogen-bond donors (Lipinski definition) is 1. The average Bonchev–Trinajstić information content (AvgIpc) is 2.98. The number of rotatable bonds is 8. The number of halogens is 1. The number of hydrogen-bond acceptors (Lipinski definition) is 6. The quantitative estimate of drug-likeness (QED) is 0.588. The van der Waals surface area contributed by atoms with Crippen molar-refractivity contribution in [2.24, 2.45) is 0 Å². The molecule has 0 spiro atoms. The van der Waals surface area contributed by atoms with E-state index in [9.17, 15) is 14.4 Å². The van der Waals surface area contributed by atoms with Crippen LogP contribution in [0.5, 0.6) is 17.2 Å². The number of benzene rings is 2. The first kappa shape index (κ1) is 21.6. The van der Waals surface area contributed by atoms with Crippen LogP contribution in [-0.2, 0) is 11.3 Å². The van der Waals surface area contributed by atoms with Crippen molar-refractivity contribution in [3.05, 3.63) is 51.5 Å². The number of nitrogens with one attached hydrogen (secondary N) is 1. The molecular weight excluding hydrogens is 456 g/mol. The molecule has 0 fully saturated rings. The van der Waals surface area contributed by atoms with Crippen molar-refractivity contribution in [1.82, 2.24) is 10.2 Å². The number of amides is 3. The molecule has 0 bridgehead atoms. The summed E-state index contributed by atoms with van der Waals surface area (Å²) in [6, 6.07) is 8.40. The van der Waals surface area contributed by atoms with Crippen molar-refractivity contribution < 1.29 is 28.6 Å². The Morgan fingerprint density at radius 2 is 1.60 bits per heavy atom. The summed E-state index contributed by atoms with van der Waals surface area (Å²) in [5.74, 6) is 0.360. The summed E-state index contributed by atoms with van der Waals surface area (Å²) >= 11 is 3.29. The van der Waals surface area contributed by atoms with Crippen molar-refractivity contribution >= 4 is 33.7 Å². The van der Waals surface area contributed by atoms with Crippen LogP contribution < -0.4 is 19.5 Å². The van der Waals surface area contributed by atoms with Crippen LogP contribution >= 0.6 is 15.9 Å². The van der Waals surface area contributed by atoms with E-state index in [-0.39, 0.29) is 31.3 Å². The second-order valence-corrected chi connectivity index (χ2v) is 7.43. The number of carbonyl (C=O) groups excluding carboxylic acids is 3. The van der Waals surface area contributed by atoms with Gasteiger partial charge in [0.1, 0.15) is 0 Å². The summed E-state index contributed by atoms with van der Waals surface area (Å²) in [5.41, 5.74) is 1.44. The molecule has 0 unspecified atom stereocenters. The normalized spacial score (nSPS) is 12.6. The summed E-state index contributed by atoms with van der Waals surface area (Å²) in [5, 5.41) is 2.78. The van der Waals surface area contributed by atoms with E-state index in [1.54, 1.807) is 30.3 Å². The molecular formula is C21H21BrN2O6. The maximum atomic E-state index is 12.5. The smallest absolute Gasteiger partial charge is 0.261 e. The standard InChI is InChI=1S/C21H21BrN2O6/c1-28-16-8-12(9-17(29-2)19(16)30-3)11-23-18(25)6-7-24-20(26)14-5-4-13(22)10-15(14)21(24)27/h4-5,8-10H,6-7,11H2,1-3H3,(H,23,25). The zero-order chi connectivity index (χ0) is 21.8. The molecule has 3 amide bonds. The van der Waals surface area contributed by atoms with E-state index >= 15 is 0 Å². The Kier molecular flexibility index (Phi) is 6.61. The minimum Gasteiger partial charge on any atom is -0.493 e. The lowest BCUT2D eigenvalue weighted by molar-refractivity contribution is -0.121. The van der Waals surface area contributed by atoms with Gasteiger partial charge in [0.2, 0.25) is 11.7 Å². The van der Waals surface area contributed by atoms with E-state index in [0.29, 0.717) is 32.8 Å². The first-order valence-electron chi connectivity index (χ1n) is 9.11. The Labute approximate surface area is 182 Å². The molecule has 1 aliphatic rings. The van der Waals surface area contributed by atoms with Crippen molar-refractivity contribution in [3.63, 3.8) is 0 Å². The first-order chi connectivity index (χ1) is 14.4. The van der Waals surface area contributed by atoms with Gasteiger partial charge in [-0.05, 0) is 35.9 Å². The number of carbonyl (C=O) groups is 3. The van der Waals surface area contributed by atoms with E-state index in [2.05, 4.69) is 21.2 Å². The predicted octanol–water partition coefficient (Wildman–Crippen LogP) is 2.78. The summed E-state index contributed by atoms with van der Waals surface area (Å²) in [7, 11) is 4.54. The van der Waals surface area contributed by atoms with Gasteiger partial charge in [-0.3, -0.25) is 19.3 Å². The molecule has 9 heteroatoms. The molecule has 0 aromatic heterocycles. The highest BCUT2D eigenvalue weighted by atomic mass is 79.9. The SMILES string of the molecule is COc1cc(CNC(=O)CCN2C(=O)c3ccc(Br)cc3C2=O)cc(OC)c1OC. The number of imide groups is 1. The topological polar surface area (TPSA) is 94.2 Å². The fourth-order valence-electron chi connectivity index (χ4n) is 3.21. The second kappa shape index (κ2) is 9.17. The maximum absolute atomic E-state index is 12.5. The minimum absolute atomic E-state index is 0.00291. The largest absolute Gasteiger partial charge is 0.493 e. The molecule has 0 atom stereocenters. The van der Waals surface area contributed by atoms with Gasteiger partial charge in [0, 0.05) is 24.0 Å². The molecule has 1 aliphatic heterocycles. The fourth-order valence-corrected chi connectivity index (χ4v) is 3.57. The van der Waals surface area contributed by atoms with E-state index < -0.39 is 5.91 Å². The van der Waals surface area contributed by atoms with Crippen molar-refractivity contribution in [2.75, 3.05) is 27.9 Å². The van der Waals surface area contributed by atoms with E-state index in [1.165, 1.54) is 21.3 Å². The van der Waals surface area contributed by atoms with Gasteiger partial charge in [-0.15, -0.1) is 0 Å². The van der Waals surface area contributed by atoms with Gasteiger partial charge in [-0.2, -0.15) is 0 Å². The van der Waals surface area contributed by atoms with Crippen molar-refractivity contribution in [2.45, 2.75) is 13.0 Å². The highest BCUT2D eigenvalue weighted by Gasteiger charge is 2.35. The monoisotopic (exact) mass is 476 g/mol.